The van der Waals surface area contributed by atoms with Gasteiger partial charge in [0.05, 0.1) is 5.69 Å². The maximum atomic E-state index is 11.1. The molecule has 4 nitrogen and oxygen atoms in total. The molecule has 0 radical (unpaired) electrons. The molecule has 1 aromatic heterocycles. The van der Waals surface area contributed by atoms with Crippen molar-refractivity contribution in [1.82, 2.24) is 0 Å². The first-order chi connectivity index (χ1) is 8.58. The minimum Gasteiger partial charge on any atom is -0.477 e. The van der Waals surface area contributed by atoms with Crippen LogP contribution >= 0.6 is 11.3 Å². The molecule has 1 aromatic carbocycles. The van der Waals surface area contributed by atoms with Crippen LogP contribution < -0.4 is 5.32 Å². The van der Waals surface area contributed by atoms with E-state index in [-0.39, 0.29) is 10.8 Å². The highest BCUT2D eigenvalue weighted by molar-refractivity contribution is 7.18. The zero-order valence-corrected chi connectivity index (χ0v) is 10.5. The second kappa shape index (κ2) is 5.01. The van der Waals surface area contributed by atoms with Gasteiger partial charge in [-0.05, 0) is 11.6 Å². The molecule has 0 aliphatic rings. The second-order valence-electron chi connectivity index (χ2n) is 3.71. The van der Waals surface area contributed by atoms with Crippen LogP contribution in [0.25, 0.3) is 10.4 Å². The van der Waals surface area contributed by atoms with E-state index in [1.165, 1.54) is 6.92 Å². The van der Waals surface area contributed by atoms with Crippen LogP contribution in [-0.2, 0) is 4.79 Å². The zero-order chi connectivity index (χ0) is 13.1. The molecule has 1 heterocycles. The number of nitrogens with one attached hydrogen (secondary N) is 1. The van der Waals surface area contributed by atoms with Gasteiger partial charge >= 0.3 is 5.97 Å². The minimum atomic E-state index is -1.04. The molecule has 2 rings (SSSR count). The molecule has 0 unspecified atom stereocenters. The summed E-state index contributed by atoms with van der Waals surface area (Å²) < 4.78 is 0. The maximum absolute atomic E-state index is 11.1. The largest absolute Gasteiger partial charge is 0.477 e. The van der Waals surface area contributed by atoms with Gasteiger partial charge in [-0.25, -0.2) is 4.79 Å². The summed E-state index contributed by atoms with van der Waals surface area (Å²) in [5.41, 5.74) is 1.28. The number of carboxylic acids is 1. The number of carboxylic acid groups (broad SMARTS) is 1. The number of amides is 1. The summed E-state index contributed by atoms with van der Waals surface area (Å²) in [5.74, 6) is -1.32. The van der Waals surface area contributed by atoms with Crippen LogP contribution in [0.1, 0.15) is 16.6 Å². The van der Waals surface area contributed by atoms with Crippen molar-refractivity contribution < 1.29 is 14.7 Å². The van der Waals surface area contributed by atoms with E-state index in [9.17, 15) is 9.59 Å². The molecule has 0 bridgehead atoms. The topological polar surface area (TPSA) is 66.4 Å². The first-order valence-corrected chi connectivity index (χ1v) is 6.09. The molecule has 0 saturated carbocycles. The van der Waals surface area contributed by atoms with Crippen LogP contribution in [0.2, 0.25) is 0 Å². The third kappa shape index (κ3) is 2.57. The van der Waals surface area contributed by atoms with Gasteiger partial charge in [-0.15, -0.1) is 11.3 Å². The highest BCUT2D eigenvalue weighted by Gasteiger charge is 2.16. The van der Waals surface area contributed by atoms with E-state index < -0.39 is 5.97 Å². The lowest BCUT2D eigenvalue weighted by Gasteiger charge is -1.98. The van der Waals surface area contributed by atoms with E-state index >= 15 is 0 Å². The Morgan fingerprint density at radius 2 is 1.89 bits per heavy atom. The number of carbonyl (C=O) groups excluding carboxylic acids is 1. The monoisotopic (exact) mass is 261 g/mol. The molecule has 92 valence electrons. The van der Waals surface area contributed by atoms with Crippen molar-refractivity contribution in [2.45, 2.75) is 6.92 Å². The van der Waals surface area contributed by atoms with Gasteiger partial charge in [-0.1, -0.05) is 30.3 Å². The molecule has 0 spiro atoms. The molecule has 0 fully saturated rings. The van der Waals surface area contributed by atoms with Crippen molar-refractivity contribution in [3.8, 4) is 10.4 Å². The summed E-state index contributed by atoms with van der Waals surface area (Å²) in [6.07, 6.45) is 0. The van der Waals surface area contributed by atoms with Crippen molar-refractivity contribution in [2.24, 2.45) is 0 Å². The molecule has 0 aliphatic carbocycles. The number of thiophene rings is 1. The van der Waals surface area contributed by atoms with E-state index in [4.69, 9.17) is 5.11 Å². The van der Waals surface area contributed by atoms with Gasteiger partial charge < -0.3 is 10.4 Å². The third-order valence-electron chi connectivity index (χ3n) is 2.30. The van der Waals surface area contributed by atoms with Gasteiger partial charge in [-0.2, -0.15) is 0 Å². The van der Waals surface area contributed by atoms with Crippen LogP contribution in [-0.4, -0.2) is 17.0 Å². The molecule has 5 heteroatoms. The fraction of sp³-hybridized carbons (Fsp3) is 0.0769. The first-order valence-electron chi connectivity index (χ1n) is 5.28. The maximum Gasteiger partial charge on any atom is 0.348 e. The number of hydrogen-bond donors (Lipinski definition) is 2. The van der Waals surface area contributed by atoms with Gasteiger partial charge in [0.2, 0.25) is 5.91 Å². The first kappa shape index (κ1) is 12.3. The van der Waals surface area contributed by atoms with Gasteiger partial charge in [0, 0.05) is 11.8 Å². The predicted molar refractivity (Wildman–Crippen MR) is 71.0 cm³/mol. The quantitative estimate of drug-likeness (QED) is 0.892. The Balaban J connectivity index is 2.45. The summed E-state index contributed by atoms with van der Waals surface area (Å²) in [6.45, 7) is 1.35. The summed E-state index contributed by atoms with van der Waals surface area (Å²) in [5, 5.41) is 11.6. The average Bonchev–Trinajstić information content (AvgIpc) is 2.73. The van der Waals surface area contributed by atoms with Crippen molar-refractivity contribution in [2.75, 3.05) is 5.32 Å². The van der Waals surface area contributed by atoms with E-state index in [1.54, 1.807) is 6.07 Å². The standard InChI is InChI=1S/C13H11NO3S/c1-8(15)14-10-7-11(18-12(10)13(16)17)9-5-3-2-4-6-9/h2-7H,1H3,(H,14,15)(H,16,17). The molecule has 0 aliphatic heterocycles. The number of aromatic carboxylic acids is 1. The lowest BCUT2D eigenvalue weighted by Crippen LogP contribution is -2.08. The summed E-state index contributed by atoms with van der Waals surface area (Å²) in [6, 6.07) is 11.1. The van der Waals surface area contributed by atoms with Crippen LogP contribution in [0, 0.1) is 0 Å². The number of rotatable bonds is 3. The second-order valence-corrected chi connectivity index (χ2v) is 4.76. The average molecular weight is 261 g/mol. The Hall–Kier alpha value is -2.14. The van der Waals surface area contributed by atoms with Crippen LogP contribution in [0.5, 0.6) is 0 Å². The van der Waals surface area contributed by atoms with Gasteiger partial charge in [0.15, 0.2) is 0 Å². The molecular formula is C13H11NO3S. The Kier molecular flexibility index (Phi) is 3.43. The molecule has 1 amide bonds. The van der Waals surface area contributed by atoms with Gasteiger partial charge in [-0.3, -0.25) is 4.79 Å². The number of hydrogen-bond acceptors (Lipinski definition) is 3. The van der Waals surface area contributed by atoms with Crippen LogP contribution in [0.3, 0.4) is 0 Å². The van der Waals surface area contributed by atoms with E-state index in [0.29, 0.717) is 5.69 Å². The van der Waals surface area contributed by atoms with Crippen molar-refractivity contribution in [3.63, 3.8) is 0 Å². The Labute approximate surface area is 108 Å². The molecule has 2 N–H and O–H groups in total. The molecule has 18 heavy (non-hydrogen) atoms. The van der Waals surface area contributed by atoms with Gasteiger partial charge in [0.1, 0.15) is 4.88 Å². The molecule has 2 aromatic rings. The van der Waals surface area contributed by atoms with E-state index in [2.05, 4.69) is 5.32 Å². The summed E-state index contributed by atoms with van der Waals surface area (Å²) in [7, 11) is 0. The highest BCUT2D eigenvalue weighted by atomic mass is 32.1. The van der Waals surface area contributed by atoms with Crippen LogP contribution in [0.4, 0.5) is 5.69 Å². The molecule has 0 saturated heterocycles. The predicted octanol–water partition coefficient (Wildman–Crippen LogP) is 3.07. The number of anilines is 1. The highest BCUT2D eigenvalue weighted by Crippen LogP contribution is 2.34. The summed E-state index contributed by atoms with van der Waals surface area (Å²) >= 11 is 1.15. The van der Waals surface area contributed by atoms with E-state index in [1.807, 2.05) is 30.3 Å². The van der Waals surface area contributed by atoms with Crippen molar-refractivity contribution in [1.29, 1.82) is 0 Å². The van der Waals surface area contributed by atoms with E-state index in [0.717, 1.165) is 21.8 Å². The van der Waals surface area contributed by atoms with Gasteiger partial charge in [0.25, 0.3) is 0 Å². The lowest BCUT2D eigenvalue weighted by atomic mass is 10.2. The van der Waals surface area contributed by atoms with Crippen LogP contribution in [0.15, 0.2) is 36.4 Å². The number of carbonyl (C=O) groups is 2. The Morgan fingerprint density at radius 3 is 2.44 bits per heavy atom. The minimum absolute atomic E-state index is 0.143. The Morgan fingerprint density at radius 1 is 1.22 bits per heavy atom. The third-order valence-corrected chi connectivity index (χ3v) is 3.47. The molecule has 0 atom stereocenters. The normalized spacial score (nSPS) is 10.1. The SMILES string of the molecule is CC(=O)Nc1cc(-c2ccccc2)sc1C(=O)O. The fourth-order valence-electron chi connectivity index (χ4n) is 1.58. The van der Waals surface area contributed by atoms with Crippen molar-refractivity contribution in [3.05, 3.63) is 41.3 Å². The van der Waals surface area contributed by atoms with Crippen molar-refractivity contribution >= 4 is 28.9 Å². The molecular weight excluding hydrogens is 250 g/mol. The number of benzene rings is 1. The lowest BCUT2D eigenvalue weighted by molar-refractivity contribution is -0.114. The zero-order valence-electron chi connectivity index (χ0n) is 9.64. The summed E-state index contributed by atoms with van der Waals surface area (Å²) in [4.78, 5) is 23.1. The Bertz CT molecular complexity index is 590. The smallest absolute Gasteiger partial charge is 0.348 e. The fourth-order valence-corrected chi connectivity index (χ4v) is 2.53.